The van der Waals surface area contributed by atoms with E-state index in [4.69, 9.17) is 9.47 Å². The Morgan fingerprint density at radius 3 is 2.67 bits per heavy atom. The molecule has 1 atom stereocenters. The monoisotopic (exact) mass is 537 g/mol. The number of carbonyl (C=O) groups is 3. The lowest BCUT2D eigenvalue weighted by Crippen LogP contribution is -2.71. The second-order valence-electron chi connectivity index (χ2n) is 11.6. The second kappa shape index (κ2) is 10.2. The van der Waals surface area contributed by atoms with Crippen LogP contribution in [0.1, 0.15) is 51.6 Å². The number of nitrogens with one attached hydrogen (secondary N) is 1. The molecule has 4 heterocycles. The summed E-state index contributed by atoms with van der Waals surface area (Å²) in [5.74, 6) is 5.66. The van der Waals surface area contributed by atoms with Gasteiger partial charge in [0.2, 0.25) is 11.8 Å². The summed E-state index contributed by atoms with van der Waals surface area (Å²) in [7, 11) is 1.67. The normalized spacial score (nSPS) is 21.3. The van der Waals surface area contributed by atoms with Crippen LogP contribution in [0.2, 0.25) is 0 Å². The van der Waals surface area contributed by atoms with Gasteiger partial charge in [-0.15, -0.1) is 0 Å². The molecule has 11 nitrogen and oxygen atoms in total. The van der Waals surface area contributed by atoms with Crippen LogP contribution in [0.25, 0.3) is 11.0 Å². The number of hydrogen-bond acceptors (Lipinski definition) is 7. The van der Waals surface area contributed by atoms with Gasteiger partial charge in [0.05, 0.1) is 30.7 Å². The Hall–Kier alpha value is -3.62. The SMILES string of the molecule is Cn1c(=O)n(C2CCC(=O)NC2=O)c2ccc(C#CCCN3CCOC4(C3)CN(C(=O)OC(C)(C)C)C4)cc21. The molecule has 0 bridgehead atoms. The molecule has 3 saturated heterocycles. The van der Waals surface area contributed by atoms with E-state index in [0.717, 1.165) is 25.2 Å². The molecule has 1 N–H and O–H groups in total. The van der Waals surface area contributed by atoms with Crippen LogP contribution < -0.4 is 11.0 Å². The highest BCUT2D eigenvalue weighted by Crippen LogP contribution is 2.30. The van der Waals surface area contributed by atoms with Crippen LogP contribution in [0.3, 0.4) is 0 Å². The molecule has 208 valence electrons. The molecular formula is C28H35N5O6. The van der Waals surface area contributed by atoms with E-state index in [0.29, 0.717) is 43.6 Å². The zero-order valence-electron chi connectivity index (χ0n) is 22.9. The van der Waals surface area contributed by atoms with Gasteiger partial charge in [-0.1, -0.05) is 11.8 Å². The number of imidazole rings is 1. The van der Waals surface area contributed by atoms with Crippen molar-refractivity contribution in [2.75, 3.05) is 39.3 Å². The summed E-state index contributed by atoms with van der Waals surface area (Å²) in [6, 6.07) is 4.80. The fourth-order valence-electron chi connectivity index (χ4n) is 5.46. The van der Waals surface area contributed by atoms with Gasteiger partial charge in [0.15, 0.2) is 0 Å². The van der Waals surface area contributed by atoms with E-state index in [1.165, 1.54) is 9.13 Å². The minimum Gasteiger partial charge on any atom is -0.444 e. The largest absolute Gasteiger partial charge is 0.444 e. The first-order valence-corrected chi connectivity index (χ1v) is 13.3. The van der Waals surface area contributed by atoms with Crippen molar-refractivity contribution in [1.29, 1.82) is 0 Å². The zero-order chi connectivity index (χ0) is 27.9. The maximum atomic E-state index is 12.9. The number of carbonyl (C=O) groups excluding carboxylic acids is 3. The first kappa shape index (κ1) is 27.0. The summed E-state index contributed by atoms with van der Waals surface area (Å²) in [6.45, 7) is 9.60. The van der Waals surface area contributed by atoms with Gasteiger partial charge in [0.25, 0.3) is 0 Å². The van der Waals surface area contributed by atoms with E-state index in [-0.39, 0.29) is 29.7 Å². The van der Waals surface area contributed by atoms with Gasteiger partial charge in [-0.25, -0.2) is 9.59 Å². The minimum atomic E-state index is -0.709. The quantitative estimate of drug-likeness (QED) is 0.465. The molecule has 3 amide bonds. The summed E-state index contributed by atoms with van der Waals surface area (Å²) < 4.78 is 14.5. The Kier molecular flexibility index (Phi) is 7.03. The van der Waals surface area contributed by atoms with Crippen molar-refractivity contribution in [1.82, 2.24) is 24.3 Å². The van der Waals surface area contributed by atoms with Crippen LogP contribution in [0.4, 0.5) is 4.79 Å². The standard InChI is InChI=1S/C28H35N5O6/c1-27(2,3)39-26(37)32-17-28(18-32)16-31(13-14-38-28)12-6-5-7-19-8-9-20-22(15-19)30(4)25(36)33(20)21-10-11-23(34)29-24(21)35/h8-9,15,21H,6,10-14,16-18H2,1-4H3,(H,29,34,35). The van der Waals surface area contributed by atoms with Crippen molar-refractivity contribution < 1.29 is 23.9 Å². The highest BCUT2D eigenvalue weighted by Gasteiger charge is 2.50. The topological polar surface area (TPSA) is 115 Å². The molecule has 1 aromatic carbocycles. The van der Waals surface area contributed by atoms with Crippen LogP contribution >= 0.6 is 0 Å². The lowest BCUT2D eigenvalue weighted by molar-refractivity contribution is -0.177. The maximum absolute atomic E-state index is 12.9. The second-order valence-corrected chi connectivity index (χ2v) is 11.6. The summed E-state index contributed by atoms with van der Waals surface area (Å²) >= 11 is 0. The fraction of sp³-hybridized carbons (Fsp3) is 0.571. The molecule has 3 aliphatic rings. The summed E-state index contributed by atoms with van der Waals surface area (Å²) in [5.41, 5.74) is 0.951. The van der Waals surface area contributed by atoms with Crippen molar-refractivity contribution in [3.8, 4) is 11.8 Å². The minimum absolute atomic E-state index is 0.203. The van der Waals surface area contributed by atoms with Crippen LogP contribution in [-0.4, -0.2) is 87.4 Å². The predicted octanol–water partition coefficient (Wildman–Crippen LogP) is 1.38. The number of likely N-dealkylation sites (tertiary alicyclic amines) is 1. The van der Waals surface area contributed by atoms with Crippen LogP contribution in [0.15, 0.2) is 23.0 Å². The molecular weight excluding hydrogens is 502 g/mol. The van der Waals surface area contributed by atoms with Crippen molar-refractivity contribution >= 4 is 28.9 Å². The fourth-order valence-corrected chi connectivity index (χ4v) is 5.46. The van der Waals surface area contributed by atoms with Crippen molar-refractivity contribution in [3.63, 3.8) is 0 Å². The zero-order valence-corrected chi connectivity index (χ0v) is 22.9. The first-order valence-electron chi connectivity index (χ1n) is 13.3. The van der Waals surface area contributed by atoms with E-state index in [2.05, 4.69) is 22.1 Å². The third-order valence-corrected chi connectivity index (χ3v) is 7.33. The van der Waals surface area contributed by atoms with Crippen molar-refractivity contribution in [2.45, 2.75) is 57.3 Å². The number of nitrogens with zero attached hydrogens (tertiary/aromatic N) is 4. The number of aryl methyl sites for hydroxylation is 1. The summed E-state index contributed by atoms with van der Waals surface area (Å²) in [4.78, 5) is 53.2. The highest BCUT2D eigenvalue weighted by atomic mass is 16.6. The van der Waals surface area contributed by atoms with Crippen molar-refractivity contribution in [2.24, 2.45) is 7.05 Å². The molecule has 0 radical (unpaired) electrons. The Morgan fingerprint density at radius 2 is 1.95 bits per heavy atom. The van der Waals surface area contributed by atoms with E-state index in [9.17, 15) is 19.2 Å². The van der Waals surface area contributed by atoms with Gasteiger partial charge in [-0.2, -0.15) is 0 Å². The number of ether oxygens (including phenoxy) is 2. The lowest BCUT2D eigenvalue weighted by Gasteiger charge is -2.53. The number of hydrogen-bond donors (Lipinski definition) is 1. The molecule has 1 spiro atoms. The number of piperidine rings is 1. The molecule has 11 heteroatoms. The molecule has 3 fully saturated rings. The maximum Gasteiger partial charge on any atom is 0.410 e. The van der Waals surface area contributed by atoms with Crippen LogP contribution in [0, 0.1) is 11.8 Å². The molecule has 2 aromatic rings. The van der Waals surface area contributed by atoms with Gasteiger partial charge < -0.3 is 14.4 Å². The first-order chi connectivity index (χ1) is 18.4. The van der Waals surface area contributed by atoms with Gasteiger partial charge in [0.1, 0.15) is 17.2 Å². The van der Waals surface area contributed by atoms with Gasteiger partial charge in [0, 0.05) is 45.1 Å². The third-order valence-electron chi connectivity index (χ3n) is 7.33. The number of benzene rings is 1. The number of fused-ring (bicyclic) bond motifs is 1. The highest BCUT2D eigenvalue weighted by molar-refractivity contribution is 6.00. The Morgan fingerprint density at radius 1 is 1.18 bits per heavy atom. The molecule has 0 aliphatic carbocycles. The van der Waals surface area contributed by atoms with E-state index >= 15 is 0 Å². The number of aromatic nitrogens is 2. The smallest absolute Gasteiger partial charge is 0.410 e. The molecule has 1 unspecified atom stereocenters. The Bertz CT molecular complexity index is 1430. The summed E-state index contributed by atoms with van der Waals surface area (Å²) in [6.07, 6.45) is 0.865. The van der Waals surface area contributed by atoms with Crippen LogP contribution in [0.5, 0.6) is 0 Å². The van der Waals surface area contributed by atoms with Crippen molar-refractivity contribution in [3.05, 3.63) is 34.2 Å². The van der Waals surface area contributed by atoms with Crippen LogP contribution in [-0.2, 0) is 26.1 Å². The Labute approximate surface area is 227 Å². The van der Waals surface area contributed by atoms with E-state index < -0.39 is 17.6 Å². The van der Waals surface area contributed by atoms with Gasteiger partial charge in [-0.3, -0.25) is 28.9 Å². The molecule has 1 aromatic heterocycles. The summed E-state index contributed by atoms with van der Waals surface area (Å²) in [5, 5.41) is 2.33. The number of morpholine rings is 1. The van der Waals surface area contributed by atoms with E-state index in [1.807, 2.05) is 39.0 Å². The molecule has 0 saturated carbocycles. The predicted molar refractivity (Wildman–Crippen MR) is 143 cm³/mol. The van der Waals surface area contributed by atoms with E-state index in [1.54, 1.807) is 11.9 Å². The molecule has 3 aliphatic heterocycles. The molecule has 39 heavy (non-hydrogen) atoms. The number of rotatable bonds is 3. The van der Waals surface area contributed by atoms with Gasteiger partial charge >= 0.3 is 11.8 Å². The van der Waals surface area contributed by atoms with Gasteiger partial charge in [-0.05, 0) is 45.4 Å². The third kappa shape index (κ3) is 5.58. The average molecular weight is 538 g/mol. The number of imide groups is 1. The Balaban J connectivity index is 1.19. The average Bonchev–Trinajstić information content (AvgIpc) is 3.09. The lowest BCUT2D eigenvalue weighted by atomic mass is 9.92. The molecule has 5 rings (SSSR count). The number of amides is 3.